The highest BCUT2D eigenvalue weighted by atomic mass is 127. The van der Waals surface area contributed by atoms with Gasteiger partial charge in [0.05, 0.1) is 16.9 Å². The Kier molecular flexibility index (Phi) is 5.66. The molecule has 0 saturated heterocycles. The minimum Gasteiger partial charge on any atom is -0.493 e. The molecule has 6 nitrogen and oxygen atoms in total. The second-order valence-corrected chi connectivity index (χ2v) is 7.28. The van der Waals surface area contributed by atoms with Gasteiger partial charge in [-0.05, 0) is 64.1 Å². The van der Waals surface area contributed by atoms with Crippen LogP contribution in [0.5, 0.6) is 11.5 Å². The fraction of sp³-hybridized carbons (Fsp3) is 0.0909. The summed E-state index contributed by atoms with van der Waals surface area (Å²) < 4.78 is 22.7. The van der Waals surface area contributed by atoms with E-state index >= 15 is 0 Å². The summed E-state index contributed by atoms with van der Waals surface area (Å²) in [7, 11) is 1.58. The van der Waals surface area contributed by atoms with Gasteiger partial charge in [-0.25, -0.2) is 9.79 Å². The summed E-state index contributed by atoms with van der Waals surface area (Å²) in [4.78, 5) is 16.4. The third-order valence-electron chi connectivity index (χ3n) is 4.13. The van der Waals surface area contributed by atoms with Crippen LogP contribution in [0.2, 0.25) is 0 Å². The third kappa shape index (κ3) is 4.34. The number of halogens is 1. The summed E-state index contributed by atoms with van der Waals surface area (Å²) in [6.07, 6.45) is 3.14. The predicted molar refractivity (Wildman–Crippen MR) is 116 cm³/mol. The molecule has 4 rings (SSSR count). The molecule has 0 aliphatic carbocycles. The molecule has 0 saturated carbocycles. The van der Waals surface area contributed by atoms with Gasteiger partial charge in [-0.1, -0.05) is 30.3 Å². The average Bonchev–Trinajstić information content (AvgIpc) is 3.38. The molecule has 2 aromatic carbocycles. The minimum absolute atomic E-state index is 0.149. The van der Waals surface area contributed by atoms with Crippen LogP contribution >= 0.6 is 22.6 Å². The zero-order valence-electron chi connectivity index (χ0n) is 15.4. The number of methoxy groups -OCH3 is 1. The topological polar surface area (TPSA) is 70.3 Å². The first-order valence-electron chi connectivity index (χ1n) is 8.75. The third-order valence-corrected chi connectivity index (χ3v) is 4.93. The molecule has 1 aliphatic heterocycles. The van der Waals surface area contributed by atoms with Gasteiger partial charge in [-0.3, -0.25) is 0 Å². The molecule has 146 valence electrons. The fourth-order valence-corrected chi connectivity index (χ4v) is 3.55. The standard InChI is InChI=1S/C22H16INO5/c1-26-19-12-15(10-16(23)20(19)28-13-14-6-3-2-4-7-14)11-17-22(25)29-21(24-17)18-8-5-9-27-18/h2-12H,13H2,1H3/b17-11-. The lowest BCUT2D eigenvalue weighted by atomic mass is 10.1. The van der Waals surface area contributed by atoms with Crippen molar-refractivity contribution in [3.05, 3.63) is 87.0 Å². The molecule has 1 aliphatic rings. The maximum absolute atomic E-state index is 12.1. The number of furan rings is 1. The number of rotatable bonds is 6. The highest BCUT2D eigenvalue weighted by molar-refractivity contribution is 14.1. The van der Waals surface area contributed by atoms with E-state index < -0.39 is 5.97 Å². The van der Waals surface area contributed by atoms with E-state index in [-0.39, 0.29) is 11.6 Å². The number of benzene rings is 2. The van der Waals surface area contributed by atoms with Gasteiger partial charge in [0, 0.05) is 0 Å². The van der Waals surface area contributed by atoms with Crippen LogP contribution < -0.4 is 9.47 Å². The van der Waals surface area contributed by atoms with E-state index in [0.717, 1.165) is 14.7 Å². The number of hydrogen-bond donors (Lipinski definition) is 0. The summed E-state index contributed by atoms with van der Waals surface area (Å²) in [6.45, 7) is 0.427. The molecule has 0 N–H and O–H groups in total. The van der Waals surface area contributed by atoms with Crippen LogP contribution in [0, 0.1) is 3.57 Å². The van der Waals surface area contributed by atoms with Crippen molar-refractivity contribution >= 4 is 40.5 Å². The molecule has 29 heavy (non-hydrogen) atoms. The van der Waals surface area contributed by atoms with Gasteiger partial charge in [-0.15, -0.1) is 0 Å². The number of nitrogens with zero attached hydrogens (tertiary/aromatic N) is 1. The number of hydrogen-bond acceptors (Lipinski definition) is 6. The molecule has 3 aromatic rings. The molecule has 0 spiro atoms. The lowest BCUT2D eigenvalue weighted by Crippen LogP contribution is -2.04. The van der Waals surface area contributed by atoms with E-state index in [0.29, 0.717) is 23.9 Å². The van der Waals surface area contributed by atoms with Crippen LogP contribution in [-0.2, 0) is 16.1 Å². The molecule has 2 heterocycles. The Morgan fingerprint density at radius 1 is 1.14 bits per heavy atom. The van der Waals surface area contributed by atoms with E-state index in [4.69, 9.17) is 18.6 Å². The normalized spacial score (nSPS) is 14.6. The lowest BCUT2D eigenvalue weighted by Gasteiger charge is -2.13. The van der Waals surface area contributed by atoms with E-state index in [1.54, 1.807) is 31.4 Å². The van der Waals surface area contributed by atoms with E-state index in [9.17, 15) is 4.79 Å². The number of cyclic esters (lactones) is 1. The van der Waals surface area contributed by atoms with Crippen LogP contribution in [0.15, 0.2) is 76.0 Å². The summed E-state index contributed by atoms with van der Waals surface area (Å²) in [6, 6.07) is 17.0. The number of carbonyl (C=O) groups excluding carboxylic acids is 1. The number of aliphatic imine (C=N–C) groups is 1. The van der Waals surface area contributed by atoms with Crippen molar-refractivity contribution in [3.63, 3.8) is 0 Å². The number of esters is 1. The molecular weight excluding hydrogens is 485 g/mol. The first kappa shape index (κ1) is 19.3. The van der Waals surface area contributed by atoms with Crippen molar-refractivity contribution in [2.45, 2.75) is 6.61 Å². The maximum Gasteiger partial charge on any atom is 0.363 e. The van der Waals surface area contributed by atoms with Gasteiger partial charge >= 0.3 is 5.97 Å². The smallest absolute Gasteiger partial charge is 0.363 e. The van der Waals surface area contributed by atoms with Gasteiger partial charge in [0.25, 0.3) is 5.90 Å². The largest absolute Gasteiger partial charge is 0.493 e. The minimum atomic E-state index is -0.533. The predicted octanol–water partition coefficient (Wildman–Crippen LogP) is 4.82. The summed E-state index contributed by atoms with van der Waals surface area (Å²) in [5, 5.41) is 0. The molecule has 1 aromatic heterocycles. The first-order valence-corrected chi connectivity index (χ1v) is 9.82. The van der Waals surface area contributed by atoms with Crippen LogP contribution in [0.25, 0.3) is 6.08 Å². The second-order valence-electron chi connectivity index (χ2n) is 6.12. The van der Waals surface area contributed by atoms with E-state index in [2.05, 4.69) is 27.6 Å². The molecule has 0 amide bonds. The Balaban J connectivity index is 1.59. The number of carbonyl (C=O) groups is 1. The molecule has 0 atom stereocenters. The Morgan fingerprint density at radius 2 is 1.97 bits per heavy atom. The SMILES string of the molecule is COc1cc(/C=C2\N=C(c3ccco3)OC2=O)cc(I)c1OCc1ccccc1. The van der Waals surface area contributed by atoms with Gasteiger partial charge in [-0.2, -0.15) is 0 Å². The zero-order valence-corrected chi connectivity index (χ0v) is 17.6. The van der Waals surface area contributed by atoms with Crippen molar-refractivity contribution in [1.29, 1.82) is 0 Å². The Hall–Kier alpha value is -3.07. The fourth-order valence-electron chi connectivity index (χ4n) is 2.77. The highest BCUT2D eigenvalue weighted by Crippen LogP contribution is 2.35. The molecule has 0 radical (unpaired) electrons. The van der Waals surface area contributed by atoms with Crippen molar-refractivity contribution in [2.75, 3.05) is 7.11 Å². The molecule has 0 fully saturated rings. The van der Waals surface area contributed by atoms with E-state index in [1.807, 2.05) is 36.4 Å². The summed E-state index contributed by atoms with van der Waals surface area (Å²) >= 11 is 2.18. The van der Waals surface area contributed by atoms with Crippen LogP contribution in [0.4, 0.5) is 0 Å². The van der Waals surface area contributed by atoms with Crippen LogP contribution in [0.3, 0.4) is 0 Å². The van der Waals surface area contributed by atoms with Gasteiger partial charge in [0.1, 0.15) is 6.61 Å². The zero-order chi connectivity index (χ0) is 20.2. The van der Waals surface area contributed by atoms with Crippen molar-refractivity contribution in [1.82, 2.24) is 0 Å². The van der Waals surface area contributed by atoms with Gasteiger partial charge < -0.3 is 18.6 Å². The molecule has 7 heteroatoms. The Bertz CT molecular complexity index is 1090. The van der Waals surface area contributed by atoms with Crippen LogP contribution in [-0.4, -0.2) is 19.0 Å². The maximum atomic E-state index is 12.1. The lowest BCUT2D eigenvalue weighted by molar-refractivity contribution is -0.130. The van der Waals surface area contributed by atoms with Gasteiger partial charge in [0.15, 0.2) is 23.0 Å². The molecular formula is C22H16INO5. The van der Waals surface area contributed by atoms with Crippen molar-refractivity contribution in [2.24, 2.45) is 4.99 Å². The molecule has 0 bridgehead atoms. The van der Waals surface area contributed by atoms with Crippen LogP contribution in [0.1, 0.15) is 16.9 Å². The monoisotopic (exact) mass is 501 g/mol. The Labute approximate surface area is 180 Å². The van der Waals surface area contributed by atoms with Crippen molar-refractivity contribution < 1.29 is 23.4 Å². The second kappa shape index (κ2) is 8.52. The average molecular weight is 501 g/mol. The highest BCUT2D eigenvalue weighted by Gasteiger charge is 2.26. The van der Waals surface area contributed by atoms with E-state index in [1.165, 1.54) is 6.26 Å². The summed E-state index contributed by atoms with van der Waals surface area (Å²) in [5.41, 5.74) is 1.99. The van der Waals surface area contributed by atoms with Gasteiger partial charge in [0.2, 0.25) is 0 Å². The number of ether oxygens (including phenoxy) is 3. The Morgan fingerprint density at radius 3 is 2.69 bits per heavy atom. The quantitative estimate of drug-likeness (QED) is 0.275. The molecule has 0 unspecified atom stereocenters. The first-order chi connectivity index (χ1) is 14.1. The van der Waals surface area contributed by atoms with Crippen molar-refractivity contribution in [3.8, 4) is 11.5 Å². The summed E-state index contributed by atoms with van der Waals surface area (Å²) in [5.74, 6) is 1.23.